The first-order chi connectivity index (χ1) is 10.9. The lowest BCUT2D eigenvalue weighted by Crippen LogP contribution is -2.07. The first-order valence-corrected chi connectivity index (χ1v) is 8.52. The van der Waals surface area contributed by atoms with Gasteiger partial charge in [-0.25, -0.2) is 4.98 Å². The summed E-state index contributed by atoms with van der Waals surface area (Å²) in [6.07, 6.45) is 2.72. The van der Waals surface area contributed by atoms with Gasteiger partial charge in [-0.15, -0.1) is 0 Å². The van der Waals surface area contributed by atoms with Gasteiger partial charge in [0.1, 0.15) is 16.9 Å². The van der Waals surface area contributed by atoms with Crippen LogP contribution in [0.3, 0.4) is 0 Å². The highest BCUT2D eigenvalue weighted by Gasteiger charge is 2.24. The molecule has 22 heavy (non-hydrogen) atoms. The van der Waals surface area contributed by atoms with Crippen molar-refractivity contribution in [3.05, 3.63) is 53.9 Å². The van der Waals surface area contributed by atoms with Gasteiger partial charge in [0.2, 0.25) is 0 Å². The fourth-order valence-corrected chi connectivity index (χ4v) is 4.18. The molecule has 0 bridgehead atoms. The third-order valence-electron chi connectivity index (χ3n) is 4.19. The highest BCUT2D eigenvalue weighted by atomic mass is 32.2. The number of aryl methyl sites for hydroxylation is 1. The van der Waals surface area contributed by atoms with E-state index in [1.807, 2.05) is 42.1 Å². The second kappa shape index (κ2) is 4.65. The maximum Gasteiger partial charge on any atom is 0.165 e. The molecule has 5 rings (SSSR count). The second-order valence-corrected chi connectivity index (χ2v) is 6.57. The molecule has 0 saturated heterocycles. The van der Waals surface area contributed by atoms with E-state index in [9.17, 15) is 0 Å². The van der Waals surface area contributed by atoms with Crippen LogP contribution in [0.15, 0.2) is 51.5 Å². The highest BCUT2D eigenvalue weighted by molar-refractivity contribution is 7.98. The monoisotopic (exact) mass is 307 g/mol. The van der Waals surface area contributed by atoms with E-state index in [1.54, 1.807) is 6.26 Å². The van der Waals surface area contributed by atoms with E-state index < -0.39 is 0 Å². The lowest BCUT2D eigenvalue weighted by molar-refractivity contribution is 0.579. The number of hydrogen-bond donors (Lipinski definition) is 0. The lowest BCUT2D eigenvalue weighted by Gasteiger charge is -2.17. The molecule has 0 fully saturated rings. The molecule has 0 radical (unpaired) electrons. The van der Waals surface area contributed by atoms with Gasteiger partial charge in [0.05, 0.1) is 11.8 Å². The molecular weight excluding hydrogens is 294 g/mol. The van der Waals surface area contributed by atoms with Crippen LogP contribution in [-0.2, 0) is 12.2 Å². The van der Waals surface area contributed by atoms with Crippen molar-refractivity contribution in [3.8, 4) is 11.3 Å². The average Bonchev–Trinajstić information content (AvgIpc) is 3.20. The maximum absolute atomic E-state index is 6.14. The van der Waals surface area contributed by atoms with E-state index in [2.05, 4.69) is 6.07 Å². The average molecular weight is 307 g/mol. The first-order valence-electron chi connectivity index (χ1n) is 7.36. The molecule has 4 aromatic rings. The Morgan fingerprint density at radius 2 is 2.05 bits per heavy atom. The molecule has 4 heterocycles. The zero-order valence-electron chi connectivity index (χ0n) is 11.8. The van der Waals surface area contributed by atoms with Crippen molar-refractivity contribution in [2.75, 3.05) is 5.75 Å². The molecule has 0 saturated carbocycles. The molecule has 1 aliphatic heterocycles. The van der Waals surface area contributed by atoms with Gasteiger partial charge in [0.25, 0.3) is 0 Å². The third-order valence-corrected chi connectivity index (χ3v) is 5.18. The van der Waals surface area contributed by atoms with Crippen molar-refractivity contribution in [3.63, 3.8) is 0 Å². The van der Waals surface area contributed by atoms with Crippen molar-refractivity contribution < 1.29 is 8.83 Å². The smallest absolute Gasteiger partial charge is 0.165 e. The molecule has 0 N–H and O–H groups in total. The molecule has 3 nitrogen and oxygen atoms in total. The van der Waals surface area contributed by atoms with Gasteiger partial charge >= 0.3 is 0 Å². The zero-order chi connectivity index (χ0) is 14.5. The van der Waals surface area contributed by atoms with Crippen LogP contribution in [0.2, 0.25) is 0 Å². The van der Waals surface area contributed by atoms with Crippen molar-refractivity contribution in [1.29, 1.82) is 0 Å². The fraction of sp³-hybridized carbons (Fsp3) is 0.167. The molecule has 0 unspecified atom stereocenters. The summed E-state index contributed by atoms with van der Waals surface area (Å²) in [6.45, 7) is 0. The van der Waals surface area contributed by atoms with Gasteiger partial charge in [-0.3, -0.25) is 0 Å². The molecule has 0 amide bonds. The van der Waals surface area contributed by atoms with Crippen molar-refractivity contribution in [2.45, 2.75) is 12.2 Å². The van der Waals surface area contributed by atoms with E-state index in [4.69, 9.17) is 13.8 Å². The number of para-hydroxylation sites is 1. The van der Waals surface area contributed by atoms with Crippen LogP contribution in [0, 0.1) is 0 Å². The van der Waals surface area contributed by atoms with Crippen LogP contribution in [0.1, 0.15) is 11.3 Å². The van der Waals surface area contributed by atoms with Gasteiger partial charge in [-0.2, -0.15) is 11.8 Å². The van der Waals surface area contributed by atoms with Crippen molar-refractivity contribution in [1.82, 2.24) is 4.98 Å². The topological polar surface area (TPSA) is 39.2 Å². The Morgan fingerprint density at radius 1 is 1.09 bits per heavy atom. The second-order valence-electron chi connectivity index (χ2n) is 5.47. The van der Waals surface area contributed by atoms with Crippen LogP contribution < -0.4 is 0 Å². The molecule has 0 aliphatic carbocycles. The van der Waals surface area contributed by atoms with Crippen molar-refractivity contribution in [2.24, 2.45) is 0 Å². The number of nitrogens with zero attached hydrogens (tertiary/aromatic N) is 1. The summed E-state index contributed by atoms with van der Waals surface area (Å²) < 4.78 is 11.8. The molecule has 1 aliphatic rings. The Morgan fingerprint density at radius 3 is 2.95 bits per heavy atom. The van der Waals surface area contributed by atoms with Crippen molar-refractivity contribution >= 4 is 33.8 Å². The quantitative estimate of drug-likeness (QED) is 0.494. The zero-order valence-corrected chi connectivity index (χ0v) is 12.7. The van der Waals surface area contributed by atoms with E-state index in [0.29, 0.717) is 0 Å². The van der Waals surface area contributed by atoms with Gasteiger partial charge < -0.3 is 8.83 Å². The summed E-state index contributed by atoms with van der Waals surface area (Å²) in [5.74, 6) is 2.95. The summed E-state index contributed by atoms with van der Waals surface area (Å²) in [4.78, 5) is 4.93. The molecule has 3 aromatic heterocycles. The number of thioether (sulfide) groups is 1. The van der Waals surface area contributed by atoms with Gasteiger partial charge in [0, 0.05) is 16.8 Å². The van der Waals surface area contributed by atoms with Crippen LogP contribution >= 0.6 is 11.8 Å². The number of aromatic nitrogens is 1. The minimum atomic E-state index is 0.845. The molecule has 0 atom stereocenters. The number of furan rings is 2. The summed E-state index contributed by atoms with van der Waals surface area (Å²) in [6, 6.07) is 12.0. The highest BCUT2D eigenvalue weighted by Crippen LogP contribution is 2.41. The largest absolute Gasteiger partial charge is 0.464 e. The van der Waals surface area contributed by atoms with E-state index in [0.717, 1.165) is 51.3 Å². The Bertz CT molecular complexity index is 985. The Kier molecular flexibility index (Phi) is 2.61. The summed E-state index contributed by atoms with van der Waals surface area (Å²) >= 11 is 1.94. The number of benzene rings is 1. The van der Waals surface area contributed by atoms with E-state index in [-0.39, 0.29) is 0 Å². The molecular formula is C18H13NO2S. The summed E-state index contributed by atoms with van der Waals surface area (Å²) in [7, 11) is 0. The van der Waals surface area contributed by atoms with Gasteiger partial charge in [0.15, 0.2) is 5.58 Å². The maximum atomic E-state index is 6.14. The van der Waals surface area contributed by atoms with Gasteiger partial charge in [-0.05, 0) is 42.0 Å². The summed E-state index contributed by atoms with van der Waals surface area (Å²) in [5, 5.41) is 1.08. The normalized spacial score (nSPS) is 14.5. The Hall–Kier alpha value is -2.20. The standard InChI is InChI=1S/C18H13NO2S/c1-2-5-14-11(4-1)17-18(21-14)16(15-6-3-8-20-15)12-10-22-9-7-13(12)19-17/h1-6,8H,7,9-10H2. The fourth-order valence-electron chi connectivity index (χ4n) is 3.18. The Labute approximate surface area is 131 Å². The van der Waals surface area contributed by atoms with E-state index in [1.165, 1.54) is 11.3 Å². The molecule has 108 valence electrons. The summed E-state index contributed by atoms with van der Waals surface area (Å²) in [5.41, 5.74) is 6.20. The van der Waals surface area contributed by atoms with Crippen LogP contribution in [0.25, 0.3) is 33.4 Å². The van der Waals surface area contributed by atoms with E-state index >= 15 is 0 Å². The Balaban J connectivity index is 1.98. The minimum absolute atomic E-state index is 0.845. The number of hydrogen-bond acceptors (Lipinski definition) is 4. The number of rotatable bonds is 1. The van der Waals surface area contributed by atoms with Gasteiger partial charge in [-0.1, -0.05) is 12.1 Å². The predicted molar refractivity (Wildman–Crippen MR) is 89.1 cm³/mol. The minimum Gasteiger partial charge on any atom is -0.464 e. The van der Waals surface area contributed by atoms with Crippen LogP contribution in [0.4, 0.5) is 0 Å². The first kappa shape index (κ1) is 12.4. The number of fused-ring (bicyclic) bond motifs is 4. The third kappa shape index (κ3) is 1.67. The molecule has 4 heteroatoms. The molecule has 0 spiro atoms. The lowest BCUT2D eigenvalue weighted by atomic mass is 10.0. The van der Waals surface area contributed by atoms with Crippen LogP contribution in [0.5, 0.6) is 0 Å². The SMILES string of the molecule is c1coc(-c2c3c(nc4c2oc2ccccc24)CCSC3)c1. The number of pyridine rings is 1. The molecule has 1 aromatic carbocycles. The van der Waals surface area contributed by atoms with Crippen LogP contribution in [-0.4, -0.2) is 10.7 Å². The predicted octanol–water partition coefficient (Wildman–Crippen LogP) is 5.03.